The van der Waals surface area contributed by atoms with Gasteiger partial charge in [-0.3, -0.25) is 4.79 Å². The minimum atomic E-state index is -3.97. The molecule has 3 aromatic rings. The fraction of sp³-hybridized carbons (Fsp3) is 0.414. The highest BCUT2D eigenvalue weighted by atomic mass is 32.2. The van der Waals surface area contributed by atoms with Gasteiger partial charge in [0.2, 0.25) is 15.9 Å². The summed E-state index contributed by atoms with van der Waals surface area (Å²) in [4.78, 5) is 16.6. The SMILES string of the molecule is COc1ccc(S(=O)(=O)N(CC(=O)N(CCc2ccc(OC)c(OC)c2)Cc2cccs2)CC2CCCO2)cc1. The number of carbonyl (C=O) groups excluding carboxylic acids is 1. The van der Waals surface area contributed by atoms with E-state index in [9.17, 15) is 13.2 Å². The number of rotatable bonds is 14. The molecule has 1 saturated heterocycles. The number of hydrogen-bond acceptors (Lipinski definition) is 8. The molecule has 1 aliphatic rings. The molecule has 1 unspecified atom stereocenters. The van der Waals surface area contributed by atoms with Crippen molar-refractivity contribution in [2.24, 2.45) is 0 Å². The standard InChI is InChI=1S/C29H36N2O7S2/c1-35-23-9-11-26(12-10-23)40(33,34)31(19-24-6-4-16-38-24)21-29(32)30(20-25-7-5-17-39-25)15-14-22-8-13-27(36-2)28(18-22)37-3/h5,7-13,17-18,24H,4,6,14-16,19-21H2,1-3H3. The Bertz CT molecular complexity index is 1340. The van der Waals surface area contributed by atoms with Crippen molar-refractivity contribution < 1.29 is 32.2 Å². The molecule has 9 nitrogen and oxygen atoms in total. The van der Waals surface area contributed by atoms with E-state index in [2.05, 4.69) is 0 Å². The highest BCUT2D eigenvalue weighted by Gasteiger charge is 2.32. The Hall–Kier alpha value is -3.12. The molecule has 4 rings (SSSR count). The van der Waals surface area contributed by atoms with Gasteiger partial charge in [0.1, 0.15) is 5.75 Å². The number of thiophene rings is 1. The van der Waals surface area contributed by atoms with Crippen LogP contribution in [0.5, 0.6) is 17.2 Å². The van der Waals surface area contributed by atoms with Gasteiger partial charge in [-0.1, -0.05) is 12.1 Å². The van der Waals surface area contributed by atoms with Crippen LogP contribution in [0.1, 0.15) is 23.3 Å². The van der Waals surface area contributed by atoms with E-state index in [0.717, 1.165) is 23.3 Å². The monoisotopic (exact) mass is 588 g/mol. The van der Waals surface area contributed by atoms with Crippen molar-refractivity contribution in [2.75, 3.05) is 47.6 Å². The van der Waals surface area contributed by atoms with Gasteiger partial charge in [0.25, 0.3) is 0 Å². The number of nitrogens with zero attached hydrogens (tertiary/aromatic N) is 2. The van der Waals surface area contributed by atoms with Crippen LogP contribution in [0.4, 0.5) is 0 Å². The minimum absolute atomic E-state index is 0.106. The number of sulfonamides is 1. The minimum Gasteiger partial charge on any atom is -0.497 e. The quantitative estimate of drug-likeness (QED) is 0.278. The van der Waals surface area contributed by atoms with Crippen LogP contribution in [0.15, 0.2) is 64.9 Å². The Morgan fingerprint density at radius 3 is 2.42 bits per heavy atom. The molecule has 2 heterocycles. The lowest BCUT2D eigenvalue weighted by molar-refractivity contribution is -0.132. The van der Waals surface area contributed by atoms with E-state index in [1.54, 1.807) is 42.6 Å². The smallest absolute Gasteiger partial charge is 0.243 e. The molecule has 0 radical (unpaired) electrons. The van der Waals surface area contributed by atoms with Crippen molar-refractivity contribution >= 4 is 27.3 Å². The van der Waals surface area contributed by atoms with E-state index in [0.29, 0.717) is 43.4 Å². The first-order valence-corrected chi connectivity index (χ1v) is 15.4. The van der Waals surface area contributed by atoms with Gasteiger partial charge in [0.05, 0.1) is 45.4 Å². The van der Waals surface area contributed by atoms with Crippen molar-refractivity contribution in [1.82, 2.24) is 9.21 Å². The lowest BCUT2D eigenvalue weighted by Gasteiger charge is -2.28. The summed E-state index contributed by atoms with van der Waals surface area (Å²) in [5.74, 6) is 1.53. The van der Waals surface area contributed by atoms with Gasteiger partial charge in [-0.15, -0.1) is 11.3 Å². The normalized spacial score (nSPS) is 15.2. The number of amides is 1. The molecule has 0 N–H and O–H groups in total. The largest absolute Gasteiger partial charge is 0.497 e. The predicted octanol–water partition coefficient (Wildman–Crippen LogP) is 4.22. The molecule has 0 saturated carbocycles. The molecule has 0 spiro atoms. The highest BCUT2D eigenvalue weighted by molar-refractivity contribution is 7.89. The second kappa shape index (κ2) is 14.0. The molecule has 1 atom stereocenters. The molecule has 1 aliphatic heterocycles. The summed E-state index contributed by atoms with van der Waals surface area (Å²) < 4.78 is 50.4. The lowest BCUT2D eigenvalue weighted by atomic mass is 10.1. The first-order valence-electron chi connectivity index (χ1n) is 13.1. The van der Waals surface area contributed by atoms with Gasteiger partial charge in [-0.2, -0.15) is 4.31 Å². The Balaban J connectivity index is 1.56. The Kier molecular flexibility index (Phi) is 10.4. The van der Waals surface area contributed by atoms with Crippen LogP contribution < -0.4 is 14.2 Å². The third-order valence-corrected chi connectivity index (χ3v) is 9.52. The zero-order valence-corrected chi connectivity index (χ0v) is 24.7. The Morgan fingerprint density at radius 1 is 1.02 bits per heavy atom. The molecule has 11 heteroatoms. The molecule has 2 aromatic carbocycles. The van der Waals surface area contributed by atoms with Crippen LogP contribution in [-0.2, 0) is 32.5 Å². The van der Waals surface area contributed by atoms with Crippen molar-refractivity contribution in [2.45, 2.75) is 36.8 Å². The number of carbonyl (C=O) groups is 1. The number of benzene rings is 2. The van der Waals surface area contributed by atoms with Crippen LogP contribution >= 0.6 is 11.3 Å². The summed E-state index contributed by atoms with van der Waals surface area (Å²) in [7, 11) is 0.727. The molecular formula is C29H36N2O7S2. The van der Waals surface area contributed by atoms with Crippen molar-refractivity contribution in [3.8, 4) is 17.2 Å². The van der Waals surface area contributed by atoms with Crippen LogP contribution in [0, 0.1) is 0 Å². The first kappa shape index (κ1) is 29.9. The Labute approximate surface area is 240 Å². The molecule has 0 aliphatic carbocycles. The first-order chi connectivity index (χ1) is 19.3. The van der Waals surface area contributed by atoms with Crippen LogP contribution in [0.25, 0.3) is 0 Å². The van der Waals surface area contributed by atoms with E-state index in [-0.39, 0.29) is 30.0 Å². The van der Waals surface area contributed by atoms with Crippen molar-refractivity contribution in [3.05, 3.63) is 70.4 Å². The average Bonchev–Trinajstić information content (AvgIpc) is 3.69. The van der Waals surface area contributed by atoms with E-state index < -0.39 is 10.0 Å². The molecule has 1 fully saturated rings. The third-order valence-electron chi connectivity index (χ3n) is 6.84. The fourth-order valence-electron chi connectivity index (χ4n) is 4.59. The number of ether oxygens (including phenoxy) is 4. The van der Waals surface area contributed by atoms with Gasteiger partial charge in [0, 0.05) is 24.6 Å². The van der Waals surface area contributed by atoms with Gasteiger partial charge in [-0.05, 0) is 72.7 Å². The number of hydrogen-bond donors (Lipinski definition) is 0. The van der Waals surface area contributed by atoms with E-state index in [4.69, 9.17) is 18.9 Å². The van der Waals surface area contributed by atoms with Crippen LogP contribution in [0.2, 0.25) is 0 Å². The predicted molar refractivity (Wildman–Crippen MR) is 154 cm³/mol. The average molecular weight is 589 g/mol. The maximum absolute atomic E-state index is 13.8. The second-order valence-electron chi connectivity index (χ2n) is 9.44. The summed E-state index contributed by atoms with van der Waals surface area (Å²) >= 11 is 1.56. The molecule has 40 heavy (non-hydrogen) atoms. The van der Waals surface area contributed by atoms with Gasteiger partial charge in [-0.25, -0.2) is 8.42 Å². The summed E-state index contributed by atoms with van der Waals surface area (Å²) in [5, 5.41) is 1.96. The zero-order chi connectivity index (χ0) is 28.5. The summed E-state index contributed by atoms with van der Waals surface area (Å²) in [6, 6.07) is 15.8. The second-order valence-corrected chi connectivity index (χ2v) is 12.4. The zero-order valence-electron chi connectivity index (χ0n) is 23.1. The molecule has 1 aromatic heterocycles. The fourth-order valence-corrected chi connectivity index (χ4v) is 6.73. The Morgan fingerprint density at radius 2 is 1.80 bits per heavy atom. The van der Waals surface area contributed by atoms with Gasteiger partial charge in [0.15, 0.2) is 11.5 Å². The third kappa shape index (κ3) is 7.54. The molecule has 1 amide bonds. The molecular weight excluding hydrogens is 552 g/mol. The maximum Gasteiger partial charge on any atom is 0.243 e. The molecule has 216 valence electrons. The van der Waals surface area contributed by atoms with Crippen molar-refractivity contribution in [3.63, 3.8) is 0 Å². The van der Waals surface area contributed by atoms with Crippen LogP contribution in [0.3, 0.4) is 0 Å². The van der Waals surface area contributed by atoms with E-state index in [1.165, 1.54) is 23.5 Å². The summed E-state index contributed by atoms with van der Waals surface area (Å²) in [5.41, 5.74) is 0.976. The topological polar surface area (TPSA) is 94.6 Å². The van der Waals surface area contributed by atoms with Crippen molar-refractivity contribution in [1.29, 1.82) is 0 Å². The highest BCUT2D eigenvalue weighted by Crippen LogP contribution is 2.28. The maximum atomic E-state index is 13.8. The van der Waals surface area contributed by atoms with E-state index >= 15 is 0 Å². The summed E-state index contributed by atoms with van der Waals surface area (Å²) in [6.45, 7) is 1.21. The number of methoxy groups -OCH3 is 3. The van der Waals surface area contributed by atoms with E-state index in [1.807, 2.05) is 35.7 Å². The van der Waals surface area contributed by atoms with Gasteiger partial charge < -0.3 is 23.8 Å². The van der Waals surface area contributed by atoms with Gasteiger partial charge >= 0.3 is 0 Å². The lowest BCUT2D eigenvalue weighted by Crippen LogP contribution is -2.45. The summed E-state index contributed by atoms with van der Waals surface area (Å²) in [6.07, 6.45) is 1.93. The molecule has 0 bridgehead atoms. The van der Waals surface area contributed by atoms with Crippen LogP contribution in [-0.4, -0.2) is 77.2 Å².